The van der Waals surface area contributed by atoms with E-state index in [0.717, 1.165) is 17.5 Å². The van der Waals surface area contributed by atoms with Crippen LogP contribution in [-0.4, -0.2) is 50.4 Å². The Bertz CT molecular complexity index is 1820. The van der Waals surface area contributed by atoms with Gasteiger partial charge in [-0.2, -0.15) is 5.10 Å². The lowest BCUT2D eigenvalue weighted by molar-refractivity contribution is -0.286. The number of amides is 2. The van der Waals surface area contributed by atoms with Crippen LogP contribution in [-0.2, 0) is 11.3 Å². The van der Waals surface area contributed by atoms with E-state index in [2.05, 4.69) is 29.9 Å². The Balaban J connectivity index is 1.22. The Labute approximate surface area is 241 Å². The molecule has 7 rings (SSSR count). The number of halogens is 3. The number of H-pyrrole nitrogens is 1. The highest BCUT2D eigenvalue weighted by atomic mass is 35.5. The first-order chi connectivity index (χ1) is 20.2. The third-order valence-corrected chi connectivity index (χ3v) is 7.72. The van der Waals surface area contributed by atoms with Crippen LogP contribution in [0.2, 0.25) is 5.02 Å². The number of benzene rings is 2. The molecule has 3 aliphatic rings. The van der Waals surface area contributed by atoms with Crippen molar-refractivity contribution >= 4 is 40.1 Å². The topological polar surface area (TPSA) is 131 Å². The summed E-state index contributed by atoms with van der Waals surface area (Å²) in [6.45, 7) is 0.122. The summed E-state index contributed by atoms with van der Waals surface area (Å²) in [6, 6.07) is 8.77. The van der Waals surface area contributed by atoms with E-state index in [0.29, 0.717) is 47.8 Å². The maximum atomic E-state index is 13.6. The number of hydrogen-bond acceptors (Lipinski definition) is 7. The number of carbonyl (C=O) groups excluding carboxylic acids is 2. The lowest BCUT2D eigenvalue weighted by Gasteiger charge is -2.23. The van der Waals surface area contributed by atoms with Gasteiger partial charge in [0.15, 0.2) is 17.0 Å². The number of imidazole rings is 1. The summed E-state index contributed by atoms with van der Waals surface area (Å²) in [5.41, 5.74) is 1.17. The van der Waals surface area contributed by atoms with Gasteiger partial charge in [-0.05, 0) is 55.9 Å². The molecule has 0 radical (unpaired) electrons. The van der Waals surface area contributed by atoms with Crippen LogP contribution in [0.5, 0.6) is 11.5 Å². The molecule has 216 valence electrons. The Morgan fingerprint density at radius 1 is 1.12 bits per heavy atom. The molecule has 0 spiro atoms. The maximum absolute atomic E-state index is 13.6. The number of ether oxygens (including phenoxy) is 2. The van der Waals surface area contributed by atoms with Crippen LogP contribution < -0.4 is 25.2 Å². The Morgan fingerprint density at radius 3 is 2.67 bits per heavy atom. The molecule has 11 nitrogen and oxygen atoms in total. The summed E-state index contributed by atoms with van der Waals surface area (Å²) in [5, 5.41) is 7.65. The van der Waals surface area contributed by atoms with E-state index in [-0.39, 0.29) is 39.6 Å². The molecule has 2 aliphatic carbocycles. The van der Waals surface area contributed by atoms with E-state index >= 15 is 0 Å². The van der Waals surface area contributed by atoms with E-state index in [9.17, 15) is 23.2 Å². The largest absolute Gasteiger partial charge is 0.586 e. The number of rotatable bonds is 8. The van der Waals surface area contributed by atoms with Gasteiger partial charge in [-0.3, -0.25) is 14.4 Å². The molecule has 0 saturated heterocycles. The highest BCUT2D eigenvalue weighted by Gasteiger charge is 2.44. The van der Waals surface area contributed by atoms with Gasteiger partial charge in [0, 0.05) is 29.9 Å². The molecular weight excluding hydrogens is 574 g/mol. The molecule has 0 atom stereocenters. The summed E-state index contributed by atoms with van der Waals surface area (Å²) in [5.74, 6) is -0.639. The number of hydrogen-bond donors (Lipinski definition) is 2. The van der Waals surface area contributed by atoms with E-state index < -0.39 is 24.3 Å². The number of anilines is 1. The second-order valence-corrected chi connectivity index (χ2v) is 11.0. The molecule has 2 saturated carbocycles. The minimum Gasteiger partial charge on any atom is -0.395 e. The van der Waals surface area contributed by atoms with Crippen molar-refractivity contribution in [1.29, 1.82) is 0 Å². The maximum Gasteiger partial charge on any atom is 0.586 e. The standard InChI is InChI=1S/C28H23ClF2N6O5/c29-19-7-3-15(9-18(19)26(39)32-11-14-1-2-14)23-24-25(34-13-33-24)27(40)36(35-23)12-22(38)37(16-4-5-16)17-6-8-20-21(10-17)42-28(30,31)41-20/h3,6-10,13-14,16H,1-2,4-5,11-12H2,(H,32,39)(H,33,34). The van der Waals surface area contributed by atoms with Crippen molar-refractivity contribution in [2.45, 2.75) is 44.6 Å². The summed E-state index contributed by atoms with van der Waals surface area (Å²) in [4.78, 5) is 48.3. The number of fused-ring (bicyclic) bond motifs is 2. The van der Waals surface area contributed by atoms with Crippen molar-refractivity contribution in [3.63, 3.8) is 0 Å². The second kappa shape index (κ2) is 9.79. The first kappa shape index (κ1) is 26.4. The van der Waals surface area contributed by atoms with Crippen LogP contribution in [0.4, 0.5) is 14.5 Å². The molecule has 0 bridgehead atoms. The summed E-state index contributed by atoms with van der Waals surface area (Å²) < 4.78 is 37.2. The van der Waals surface area contributed by atoms with Gasteiger partial charge in [0.1, 0.15) is 12.2 Å². The molecule has 42 heavy (non-hydrogen) atoms. The van der Waals surface area contributed by atoms with Crippen LogP contribution in [0.25, 0.3) is 22.3 Å². The summed E-state index contributed by atoms with van der Waals surface area (Å²) in [6.07, 6.45) is 1.14. The highest BCUT2D eigenvalue weighted by Crippen LogP contribution is 2.44. The zero-order valence-electron chi connectivity index (χ0n) is 21.9. The predicted molar refractivity (Wildman–Crippen MR) is 147 cm³/mol. The van der Waals surface area contributed by atoms with Crippen LogP contribution >= 0.6 is 11.6 Å². The van der Waals surface area contributed by atoms with E-state index in [1.807, 2.05) is 0 Å². The Kier molecular flexibility index (Phi) is 6.15. The van der Waals surface area contributed by atoms with Crippen molar-refractivity contribution in [2.24, 2.45) is 5.92 Å². The van der Waals surface area contributed by atoms with Gasteiger partial charge in [0.25, 0.3) is 11.5 Å². The van der Waals surface area contributed by atoms with Crippen LogP contribution in [0.3, 0.4) is 0 Å². The van der Waals surface area contributed by atoms with Gasteiger partial charge in [0.05, 0.1) is 22.4 Å². The number of alkyl halides is 2. The molecule has 2 fully saturated rings. The smallest absolute Gasteiger partial charge is 0.395 e. The van der Waals surface area contributed by atoms with Crippen molar-refractivity contribution in [1.82, 2.24) is 25.1 Å². The highest BCUT2D eigenvalue weighted by molar-refractivity contribution is 6.34. The van der Waals surface area contributed by atoms with Gasteiger partial charge in [-0.1, -0.05) is 17.7 Å². The number of aromatic nitrogens is 4. The lowest BCUT2D eigenvalue weighted by Crippen LogP contribution is -2.39. The van der Waals surface area contributed by atoms with E-state index in [1.54, 1.807) is 18.2 Å². The SMILES string of the molecule is O=C(NCC1CC1)c1cc(-c2nn(CC(=O)N(c3ccc4c(c3)OC(F)(F)O4)C3CC3)c(=O)c3nc[nH]c23)ccc1Cl. The third-order valence-electron chi connectivity index (χ3n) is 7.40. The zero-order valence-corrected chi connectivity index (χ0v) is 22.7. The minimum absolute atomic E-state index is 0.0609. The zero-order chi connectivity index (χ0) is 29.2. The number of aromatic amines is 1. The van der Waals surface area contributed by atoms with Gasteiger partial charge < -0.3 is 24.7 Å². The van der Waals surface area contributed by atoms with Gasteiger partial charge in [-0.25, -0.2) is 9.67 Å². The number of nitrogens with one attached hydrogen (secondary N) is 2. The molecule has 4 aromatic rings. The Hall–Kier alpha value is -4.52. The quantitative estimate of drug-likeness (QED) is 0.313. The summed E-state index contributed by atoms with van der Waals surface area (Å²) >= 11 is 6.35. The molecule has 0 unspecified atom stereocenters. The average Bonchev–Trinajstić information content (AvgIpc) is 3.88. The van der Waals surface area contributed by atoms with Gasteiger partial charge in [-0.15, -0.1) is 8.78 Å². The monoisotopic (exact) mass is 596 g/mol. The predicted octanol–water partition coefficient (Wildman–Crippen LogP) is 4.10. The normalized spacial score (nSPS) is 16.9. The fourth-order valence-electron chi connectivity index (χ4n) is 4.97. The Morgan fingerprint density at radius 2 is 1.90 bits per heavy atom. The molecule has 2 aromatic carbocycles. The fraction of sp³-hybridized carbons (Fsp3) is 0.321. The molecule has 2 amide bonds. The number of carbonyl (C=O) groups is 2. The van der Waals surface area contributed by atoms with E-state index in [1.165, 1.54) is 29.4 Å². The fourth-order valence-corrected chi connectivity index (χ4v) is 5.17. The molecule has 1 aliphatic heterocycles. The molecule has 14 heteroatoms. The molecular formula is C28H23ClF2N6O5. The van der Waals surface area contributed by atoms with E-state index in [4.69, 9.17) is 11.6 Å². The third kappa shape index (κ3) is 4.93. The van der Waals surface area contributed by atoms with Crippen LogP contribution in [0.1, 0.15) is 36.0 Å². The minimum atomic E-state index is -3.79. The average molecular weight is 597 g/mol. The first-order valence-corrected chi connectivity index (χ1v) is 13.8. The van der Waals surface area contributed by atoms with Crippen LogP contribution in [0.15, 0.2) is 47.5 Å². The second-order valence-electron chi connectivity index (χ2n) is 10.6. The van der Waals surface area contributed by atoms with Crippen molar-refractivity contribution in [3.05, 3.63) is 63.7 Å². The van der Waals surface area contributed by atoms with Crippen molar-refractivity contribution in [3.8, 4) is 22.8 Å². The van der Waals surface area contributed by atoms with Gasteiger partial charge in [0.2, 0.25) is 5.91 Å². The van der Waals surface area contributed by atoms with Crippen molar-refractivity contribution < 1.29 is 27.8 Å². The first-order valence-electron chi connectivity index (χ1n) is 13.4. The summed E-state index contributed by atoms with van der Waals surface area (Å²) in [7, 11) is 0. The number of nitrogens with zero attached hydrogens (tertiary/aromatic N) is 4. The lowest BCUT2D eigenvalue weighted by atomic mass is 10.1. The van der Waals surface area contributed by atoms with Crippen molar-refractivity contribution in [2.75, 3.05) is 11.4 Å². The molecule has 2 N–H and O–H groups in total. The molecule has 3 heterocycles. The van der Waals surface area contributed by atoms with Crippen LogP contribution in [0, 0.1) is 5.92 Å². The van der Waals surface area contributed by atoms with Gasteiger partial charge >= 0.3 is 6.29 Å². The molecule has 2 aromatic heterocycles.